The van der Waals surface area contributed by atoms with Crippen molar-refractivity contribution >= 4 is 39.2 Å². The van der Waals surface area contributed by atoms with Crippen LogP contribution in [-0.4, -0.2) is 29.1 Å². The molecule has 2 aromatic heterocycles. The van der Waals surface area contributed by atoms with Gasteiger partial charge in [-0.25, -0.2) is 4.98 Å². The number of pyridine rings is 1. The first-order chi connectivity index (χ1) is 9.81. The lowest BCUT2D eigenvalue weighted by molar-refractivity contribution is 0.790. The van der Waals surface area contributed by atoms with Crippen molar-refractivity contribution in [3.05, 3.63) is 35.5 Å². The number of aromatic amines is 1. The molecule has 3 N–H and O–H groups in total. The lowest BCUT2D eigenvalue weighted by atomic mass is 10.1. The minimum absolute atomic E-state index is 0.449. The quantitative estimate of drug-likeness (QED) is 0.678. The fourth-order valence-corrected chi connectivity index (χ4v) is 3.03. The van der Waals surface area contributed by atoms with Crippen LogP contribution in [0.25, 0.3) is 21.8 Å². The van der Waals surface area contributed by atoms with Crippen LogP contribution in [0, 0.1) is 0 Å². The molecule has 1 unspecified atom stereocenters. The Morgan fingerprint density at radius 1 is 1.25 bits per heavy atom. The zero-order chi connectivity index (χ0) is 13.5. The van der Waals surface area contributed by atoms with E-state index < -0.39 is 0 Å². The van der Waals surface area contributed by atoms with Gasteiger partial charge in [-0.15, -0.1) is 0 Å². The maximum atomic E-state index is 6.10. The number of aromatic nitrogens is 2. The zero-order valence-corrected chi connectivity index (χ0v) is 11.7. The first-order valence-electron chi connectivity index (χ1n) is 6.85. The maximum absolute atomic E-state index is 6.10. The number of benzene rings is 1. The molecule has 1 aliphatic rings. The third-order valence-electron chi connectivity index (χ3n) is 3.86. The molecule has 1 aliphatic heterocycles. The van der Waals surface area contributed by atoms with E-state index in [0.29, 0.717) is 6.04 Å². The van der Waals surface area contributed by atoms with Crippen molar-refractivity contribution in [2.45, 2.75) is 12.5 Å². The fourth-order valence-electron chi connectivity index (χ4n) is 2.86. The second-order valence-electron chi connectivity index (χ2n) is 5.22. The molecule has 0 bridgehead atoms. The van der Waals surface area contributed by atoms with Crippen LogP contribution < -0.4 is 10.6 Å². The van der Waals surface area contributed by atoms with Gasteiger partial charge in [-0.1, -0.05) is 11.6 Å². The van der Waals surface area contributed by atoms with Gasteiger partial charge in [0.1, 0.15) is 5.82 Å². The summed E-state index contributed by atoms with van der Waals surface area (Å²) in [5.74, 6) is 0.949. The SMILES string of the molecule is Clc1ccc2nc(NC3CCNC3)c3cc[nH]c3c2c1. The van der Waals surface area contributed by atoms with Crippen LogP contribution >= 0.6 is 11.6 Å². The normalized spacial score (nSPS) is 18.9. The Kier molecular flexibility index (Phi) is 2.79. The Morgan fingerprint density at radius 2 is 2.20 bits per heavy atom. The number of rotatable bonds is 2. The van der Waals surface area contributed by atoms with Gasteiger partial charge in [0.2, 0.25) is 0 Å². The lowest BCUT2D eigenvalue weighted by Crippen LogP contribution is -2.22. The van der Waals surface area contributed by atoms with Gasteiger partial charge in [-0.3, -0.25) is 0 Å². The van der Waals surface area contributed by atoms with Crippen molar-refractivity contribution in [3.8, 4) is 0 Å². The highest BCUT2D eigenvalue weighted by molar-refractivity contribution is 6.31. The fraction of sp³-hybridized carbons (Fsp3) is 0.267. The van der Waals surface area contributed by atoms with Gasteiger partial charge < -0.3 is 15.6 Å². The number of nitrogens with zero attached hydrogens (tertiary/aromatic N) is 1. The van der Waals surface area contributed by atoms with E-state index in [1.165, 1.54) is 0 Å². The molecule has 1 atom stereocenters. The molecule has 3 heterocycles. The summed E-state index contributed by atoms with van der Waals surface area (Å²) in [6.07, 6.45) is 3.08. The van der Waals surface area contributed by atoms with Crippen LogP contribution in [0.3, 0.4) is 0 Å². The van der Waals surface area contributed by atoms with E-state index in [9.17, 15) is 0 Å². The smallest absolute Gasteiger partial charge is 0.136 e. The molecule has 0 saturated carbocycles. The van der Waals surface area contributed by atoms with Gasteiger partial charge >= 0.3 is 0 Å². The average Bonchev–Trinajstić information content (AvgIpc) is 3.10. The topological polar surface area (TPSA) is 52.7 Å². The molecule has 3 aromatic rings. The second kappa shape index (κ2) is 4.65. The van der Waals surface area contributed by atoms with Gasteiger partial charge in [-0.2, -0.15) is 0 Å². The summed E-state index contributed by atoms with van der Waals surface area (Å²) in [5.41, 5.74) is 2.05. The minimum atomic E-state index is 0.449. The molecule has 0 spiro atoms. The lowest BCUT2D eigenvalue weighted by Gasteiger charge is -2.14. The Morgan fingerprint density at radius 3 is 3.05 bits per heavy atom. The van der Waals surface area contributed by atoms with Crippen molar-refractivity contribution in [3.63, 3.8) is 0 Å². The molecule has 5 heteroatoms. The molecular formula is C15H15ClN4. The van der Waals surface area contributed by atoms with E-state index in [0.717, 1.165) is 52.2 Å². The number of fused-ring (bicyclic) bond motifs is 3. The number of hydrogen-bond acceptors (Lipinski definition) is 3. The third-order valence-corrected chi connectivity index (χ3v) is 4.10. The van der Waals surface area contributed by atoms with Crippen LogP contribution in [0.5, 0.6) is 0 Å². The number of H-pyrrole nitrogens is 1. The molecule has 4 nitrogen and oxygen atoms in total. The molecule has 1 saturated heterocycles. The van der Waals surface area contributed by atoms with E-state index in [2.05, 4.69) is 21.7 Å². The molecule has 20 heavy (non-hydrogen) atoms. The van der Waals surface area contributed by atoms with Crippen LogP contribution in [-0.2, 0) is 0 Å². The van der Waals surface area contributed by atoms with Gasteiger partial charge in [0.25, 0.3) is 0 Å². The van der Waals surface area contributed by atoms with E-state index in [4.69, 9.17) is 16.6 Å². The number of anilines is 1. The van der Waals surface area contributed by atoms with Crippen molar-refractivity contribution < 1.29 is 0 Å². The highest BCUT2D eigenvalue weighted by Gasteiger charge is 2.17. The standard InChI is InChI=1S/C15H15ClN4/c16-9-1-2-13-12(7-9)14-11(4-6-18-14)15(20-13)19-10-3-5-17-8-10/h1-2,4,6-7,10,17-18H,3,5,8H2,(H,19,20). The molecule has 4 rings (SSSR count). The molecule has 0 amide bonds. The van der Waals surface area contributed by atoms with Crippen LogP contribution in [0.2, 0.25) is 5.02 Å². The largest absolute Gasteiger partial charge is 0.365 e. The summed E-state index contributed by atoms with van der Waals surface area (Å²) in [6.45, 7) is 2.06. The Hall–Kier alpha value is -1.78. The summed E-state index contributed by atoms with van der Waals surface area (Å²) >= 11 is 6.10. The molecule has 0 aliphatic carbocycles. The molecule has 1 fully saturated rings. The molecule has 0 radical (unpaired) electrons. The first-order valence-corrected chi connectivity index (χ1v) is 7.23. The van der Waals surface area contributed by atoms with Crippen molar-refractivity contribution in [2.24, 2.45) is 0 Å². The van der Waals surface area contributed by atoms with Crippen molar-refractivity contribution in [1.29, 1.82) is 0 Å². The predicted octanol–water partition coefficient (Wildman–Crippen LogP) is 3.14. The highest BCUT2D eigenvalue weighted by atomic mass is 35.5. The van der Waals surface area contributed by atoms with Gasteiger partial charge in [0, 0.05) is 34.6 Å². The Labute approximate surface area is 121 Å². The molecular weight excluding hydrogens is 272 g/mol. The Balaban J connectivity index is 1.90. The summed E-state index contributed by atoms with van der Waals surface area (Å²) in [4.78, 5) is 8.06. The summed E-state index contributed by atoms with van der Waals surface area (Å²) in [6, 6.07) is 8.32. The van der Waals surface area contributed by atoms with Crippen LogP contribution in [0.4, 0.5) is 5.82 Å². The number of nitrogens with one attached hydrogen (secondary N) is 3. The summed E-state index contributed by atoms with van der Waals surface area (Å²) < 4.78 is 0. The van der Waals surface area contributed by atoms with Crippen LogP contribution in [0.1, 0.15) is 6.42 Å². The zero-order valence-electron chi connectivity index (χ0n) is 10.9. The van der Waals surface area contributed by atoms with E-state index in [-0.39, 0.29) is 0 Å². The van der Waals surface area contributed by atoms with Gasteiger partial charge in [-0.05, 0) is 37.2 Å². The molecule has 1 aromatic carbocycles. The van der Waals surface area contributed by atoms with Crippen LogP contribution in [0.15, 0.2) is 30.5 Å². The maximum Gasteiger partial charge on any atom is 0.136 e. The van der Waals surface area contributed by atoms with E-state index in [1.54, 1.807) is 0 Å². The van der Waals surface area contributed by atoms with Crippen molar-refractivity contribution in [1.82, 2.24) is 15.3 Å². The van der Waals surface area contributed by atoms with E-state index in [1.807, 2.05) is 24.4 Å². The first kappa shape index (κ1) is 12.0. The van der Waals surface area contributed by atoms with E-state index >= 15 is 0 Å². The number of hydrogen-bond donors (Lipinski definition) is 3. The van der Waals surface area contributed by atoms with Crippen molar-refractivity contribution in [2.75, 3.05) is 18.4 Å². The number of halogens is 1. The highest BCUT2D eigenvalue weighted by Crippen LogP contribution is 2.30. The minimum Gasteiger partial charge on any atom is -0.365 e. The Bertz CT molecular complexity index is 774. The second-order valence-corrected chi connectivity index (χ2v) is 5.66. The monoisotopic (exact) mass is 286 g/mol. The summed E-state index contributed by atoms with van der Waals surface area (Å²) in [7, 11) is 0. The van der Waals surface area contributed by atoms with Gasteiger partial charge in [0.15, 0.2) is 0 Å². The average molecular weight is 287 g/mol. The summed E-state index contributed by atoms with van der Waals surface area (Å²) in [5, 5.41) is 9.83. The van der Waals surface area contributed by atoms with Gasteiger partial charge in [0.05, 0.1) is 11.0 Å². The third kappa shape index (κ3) is 1.92. The molecule has 102 valence electrons. The predicted molar refractivity (Wildman–Crippen MR) is 83.5 cm³/mol.